The van der Waals surface area contributed by atoms with E-state index < -0.39 is 5.97 Å². The van der Waals surface area contributed by atoms with Crippen molar-refractivity contribution in [1.82, 2.24) is 0 Å². The standard InChI is InChI=1S/C14H19NO3S/c1-9(11-6-4-8-18-11)15-10-5-3-7-12(19-2)13(10)14(16)17/h3,5,7,9,11,15H,4,6,8H2,1-2H3,(H,16,17). The van der Waals surface area contributed by atoms with Crippen LogP contribution in [0.2, 0.25) is 0 Å². The molecule has 0 aromatic heterocycles. The Kier molecular flexibility index (Phi) is 4.71. The molecular weight excluding hydrogens is 262 g/mol. The van der Waals surface area contributed by atoms with Gasteiger partial charge in [-0.3, -0.25) is 0 Å². The lowest BCUT2D eigenvalue weighted by Crippen LogP contribution is -2.30. The number of rotatable bonds is 5. The van der Waals surface area contributed by atoms with E-state index in [2.05, 4.69) is 5.32 Å². The zero-order valence-electron chi connectivity index (χ0n) is 11.2. The molecule has 1 aromatic rings. The lowest BCUT2D eigenvalue weighted by molar-refractivity contribution is 0.0693. The van der Waals surface area contributed by atoms with Gasteiger partial charge in [0.05, 0.1) is 17.4 Å². The Morgan fingerprint density at radius 2 is 2.37 bits per heavy atom. The van der Waals surface area contributed by atoms with Crippen LogP contribution in [0.25, 0.3) is 0 Å². The van der Waals surface area contributed by atoms with Crippen molar-refractivity contribution in [1.29, 1.82) is 0 Å². The molecular formula is C14H19NO3S. The van der Waals surface area contributed by atoms with Crippen molar-refractivity contribution < 1.29 is 14.6 Å². The number of hydrogen-bond donors (Lipinski definition) is 2. The van der Waals surface area contributed by atoms with Gasteiger partial charge in [0.15, 0.2) is 0 Å². The van der Waals surface area contributed by atoms with Crippen LogP contribution in [0, 0.1) is 0 Å². The van der Waals surface area contributed by atoms with Crippen LogP contribution in [0.15, 0.2) is 23.1 Å². The van der Waals surface area contributed by atoms with E-state index in [-0.39, 0.29) is 12.1 Å². The summed E-state index contributed by atoms with van der Waals surface area (Å²) in [5.41, 5.74) is 1.02. The fourth-order valence-corrected chi connectivity index (χ4v) is 2.99. The van der Waals surface area contributed by atoms with Crippen LogP contribution in [0.1, 0.15) is 30.1 Å². The van der Waals surface area contributed by atoms with Gasteiger partial charge in [0, 0.05) is 17.5 Å². The average molecular weight is 281 g/mol. The third-order valence-corrected chi connectivity index (χ3v) is 4.15. The summed E-state index contributed by atoms with van der Waals surface area (Å²) in [6, 6.07) is 5.63. The summed E-state index contributed by atoms with van der Waals surface area (Å²) in [4.78, 5) is 12.2. The van der Waals surface area contributed by atoms with E-state index in [9.17, 15) is 9.90 Å². The quantitative estimate of drug-likeness (QED) is 0.812. The molecule has 0 amide bonds. The largest absolute Gasteiger partial charge is 0.478 e. The van der Waals surface area contributed by atoms with E-state index in [1.54, 1.807) is 0 Å². The van der Waals surface area contributed by atoms with Gasteiger partial charge in [0.25, 0.3) is 0 Å². The highest BCUT2D eigenvalue weighted by atomic mass is 32.2. The summed E-state index contributed by atoms with van der Waals surface area (Å²) < 4.78 is 5.63. The van der Waals surface area contributed by atoms with Crippen molar-refractivity contribution in [2.45, 2.75) is 36.8 Å². The molecule has 1 aliphatic heterocycles. The Balaban J connectivity index is 2.21. The molecule has 2 rings (SSSR count). The molecule has 5 heteroatoms. The Hall–Kier alpha value is -1.20. The molecule has 0 radical (unpaired) electrons. The van der Waals surface area contributed by atoms with Crippen molar-refractivity contribution in [3.05, 3.63) is 23.8 Å². The van der Waals surface area contributed by atoms with E-state index in [1.165, 1.54) is 11.8 Å². The fourth-order valence-electron chi connectivity index (χ4n) is 2.38. The SMILES string of the molecule is CSc1cccc(NC(C)C2CCCO2)c1C(=O)O. The van der Waals surface area contributed by atoms with Crippen LogP contribution in [-0.2, 0) is 4.74 Å². The highest BCUT2D eigenvalue weighted by Crippen LogP contribution is 2.28. The van der Waals surface area contributed by atoms with E-state index in [1.807, 2.05) is 31.4 Å². The maximum Gasteiger partial charge on any atom is 0.338 e. The van der Waals surface area contributed by atoms with Crippen LogP contribution in [0.5, 0.6) is 0 Å². The normalized spacial score (nSPS) is 20.2. The first-order valence-corrected chi connectivity index (χ1v) is 7.64. The second-order valence-electron chi connectivity index (χ2n) is 4.67. The predicted molar refractivity (Wildman–Crippen MR) is 77.2 cm³/mol. The van der Waals surface area contributed by atoms with Gasteiger partial charge in [-0.25, -0.2) is 4.79 Å². The van der Waals surface area contributed by atoms with Gasteiger partial charge in [0.2, 0.25) is 0 Å². The molecule has 2 N–H and O–H groups in total. The number of nitrogens with one attached hydrogen (secondary N) is 1. The zero-order chi connectivity index (χ0) is 13.8. The molecule has 1 fully saturated rings. The van der Waals surface area contributed by atoms with Crippen molar-refractivity contribution in [3.63, 3.8) is 0 Å². The number of hydrogen-bond acceptors (Lipinski definition) is 4. The smallest absolute Gasteiger partial charge is 0.338 e. The van der Waals surface area contributed by atoms with Crippen molar-refractivity contribution in [2.75, 3.05) is 18.2 Å². The van der Waals surface area contributed by atoms with Crippen molar-refractivity contribution in [3.8, 4) is 0 Å². The predicted octanol–water partition coefficient (Wildman–Crippen LogP) is 3.09. The Morgan fingerprint density at radius 3 is 2.95 bits per heavy atom. The van der Waals surface area contributed by atoms with Gasteiger partial charge in [-0.05, 0) is 38.2 Å². The van der Waals surface area contributed by atoms with Gasteiger partial charge in [-0.2, -0.15) is 0 Å². The van der Waals surface area contributed by atoms with E-state index >= 15 is 0 Å². The minimum absolute atomic E-state index is 0.109. The molecule has 0 saturated carbocycles. The summed E-state index contributed by atoms with van der Waals surface area (Å²) in [5, 5.41) is 12.7. The third kappa shape index (κ3) is 3.22. The Labute approximate surface area is 117 Å². The number of carboxylic acid groups (broad SMARTS) is 1. The first-order valence-electron chi connectivity index (χ1n) is 6.42. The average Bonchev–Trinajstić information content (AvgIpc) is 2.92. The summed E-state index contributed by atoms with van der Waals surface area (Å²) in [6.07, 6.45) is 4.15. The molecule has 1 saturated heterocycles. The lowest BCUT2D eigenvalue weighted by atomic mass is 10.1. The van der Waals surface area contributed by atoms with Gasteiger partial charge in [-0.1, -0.05) is 6.07 Å². The highest BCUT2D eigenvalue weighted by molar-refractivity contribution is 7.98. The number of carboxylic acids is 1. The number of ether oxygens (including phenoxy) is 1. The Bertz CT molecular complexity index is 458. The number of aromatic carboxylic acids is 1. The fraction of sp³-hybridized carbons (Fsp3) is 0.500. The number of benzene rings is 1. The van der Waals surface area contributed by atoms with Crippen LogP contribution in [0.4, 0.5) is 5.69 Å². The number of thioether (sulfide) groups is 1. The molecule has 0 bridgehead atoms. The molecule has 1 aliphatic rings. The van der Waals surface area contributed by atoms with E-state index in [0.717, 1.165) is 24.3 Å². The van der Waals surface area contributed by atoms with Crippen LogP contribution < -0.4 is 5.32 Å². The molecule has 2 unspecified atom stereocenters. The van der Waals surface area contributed by atoms with Crippen molar-refractivity contribution in [2.24, 2.45) is 0 Å². The molecule has 1 aromatic carbocycles. The van der Waals surface area contributed by atoms with Crippen LogP contribution in [0.3, 0.4) is 0 Å². The lowest BCUT2D eigenvalue weighted by Gasteiger charge is -2.22. The Morgan fingerprint density at radius 1 is 1.58 bits per heavy atom. The molecule has 104 valence electrons. The maximum absolute atomic E-state index is 11.4. The van der Waals surface area contributed by atoms with Gasteiger partial charge in [0.1, 0.15) is 0 Å². The minimum Gasteiger partial charge on any atom is -0.478 e. The first kappa shape index (κ1) is 14.2. The van der Waals surface area contributed by atoms with Gasteiger partial charge < -0.3 is 15.2 Å². The van der Waals surface area contributed by atoms with Crippen molar-refractivity contribution >= 4 is 23.4 Å². The zero-order valence-corrected chi connectivity index (χ0v) is 12.0. The van der Waals surface area contributed by atoms with Gasteiger partial charge in [-0.15, -0.1) is 11.8 Å². The second-order valence-corrected chi connectivity index (χ2v) is 5.52. The van der Waals surface area contributed by atoms with Gasteiger partial charge >= 0.3 is 5.97 Å². The summed E-state index contributed by atoms with van der Waals surface area (Å²) in [5.74, 6) is -0.896. The van der Waals surface area contributed by atoms with Crippen LogP contribution >= 0.6 is 11.8 Å². The molecule has 19 heavy (non-hydrogen) atoms. The monoisotopic (exact) mass is 281 g/mol. The molecule has 0 spiro atoms. The maximum atomic E-state index is 11.4. The van der Waals surface area contributed by atoms with E-state index in [4.69, 9.17) is 4.74 Å². The second kappa shape index (κ2) is 6.30. The summed E-state index contributed by atoms with van der Waals surface area (Å²) >= 11 is 1.45. The summed E-state index contributed by atoms with van der Waals surface area (Å²) in [6.45, 7) is 2.83. The molecule has 4 nitrogen and oxygen atoms in total. The number of carbonyl (C=O) groups is 1. The van der Waals surface area contributed by atoms with E-state index in [0.29, 0.717) is 11.3 Å². The molecule has 1 heterocycles. The molecule has 2 atom stereocenters. The minimum atomic E-state index is -0.896. The number of anilines is 1. The topological polar surface area (TPSA) is 58.6 Å². The highest BCUT2D eigenvalue weighted by Gasteiger charge is 2.24. The first-order chi connectivity index (χ1) is 9.13. The molecule has 0 aliphatic carbocycles. The summed E-state index contributed by atoms with van der Waals surface area (Å²) in [7, 11) is 0. The van der Waals surface area contributed by atoms with Crippen LogP contribution in [-0.4, -0.2) is 36.1 Å². The third-order valence-electron chi connectivity index (χ3n) is 3.37.